The third-order valence-corrected chi connectivity index (χ3v) is 4.34. The summed E-state index contributed by atoms with van der Waals surface area (Å²) >= 11 is 5.18. The summed E-state index contributed by atoms with van der Waals surface area (Å²) in [6, 6.07) is 14.1. The minimum atomic E-state index is -0.109. The number of H-pyrrole nitrogens is 1. The molecule has 0 saturated heterocycles. The lowest BCUT2D eigenvalue weighted by molar-refractivity contribution is -0.121. The number of hydrogen-bond acceptors (Lipinski definition) is 4. The Morgan fingerprint density at radius 2 is 2.08 bits per heavy atom. The standard InChI is InChI=1S/C19H22N4O2S/c1-2-5-17-21-22-19(26)23(17)13-18(24)20-10-11-25-16-9-8-14-6-3-4-7-15(14)12-16/h3-4,6-9,12H,2,5,10-11,13H2,1H3,(H,20,24)(H,22,26). The van der Waals surface area contributed by atoms with Crippen LogP contribution in [0.4, 0.5) is 0 Å². The lowest BCUT2D eigenvalue weighted by Gasteiger charge is -2.10. The average Bonchev–Trinajstić information content (AvgIpc) is 2.99. The molecular formula is C19H22N4O2S. The quantitative estimate of drug-likeness (QED) is 0.472. The number of aromatic amines is 1. The maximum absolute atomic E-state index is 12.1. The van der Waals surface area contributed by atoms with Crippen molar-refractivity contribution in [3.8, 4) is 5.75 Å². The van der Waals surface area contributed by atoms with Gasteiger partial charge < -0.3 is 10.1 Å². The third-order valence-electron chi connectivity index (χ3n) is 4.03. The van der Waals surface area contributed by atoms with Gasteiger partial charge in [0.1, 0.15) is 24.7 Å². The molecule has 0 fully saturated rings. The number of carbonyl (C=O) groups excluding carboxylic acids is 1. The number of fused-ring (bicyclic) bond motifs is 1. The highest BCUT2D eigenvalue weighted by Crippen LogP contribution is 2.20. The second-order valence-corrected chi connectivity index (χ2v) is 6.38. The number of aryl methyl sites for hydroxylation is 1. The van der Waals surface area contributed by atoms with Crippen molar-refractivity contribution in [2.45, 2.75) is 26.3 Å². The van der Waals surface area contributed by atoms with Crippen LogP contribution >= 0.6 is 12.2 Å². The van der Waals surface area contributed by atoms with Gasteiger partial charge in [-0.1, -0.05) is 37.3 Å². The molecule has 1 amide bonds. The van der Waals surface area contributed by atoms with E-state index in [2.05, 4.69) is 28.5 Å². The van der Waals surface area contributed by atoms with Gasteiger partial charge in [0.05, 0.1) is 6.54 Å². The van der Waals surface area contributed by atoms with Gasteiger partial charge in [-0.25, -0.2) is 0 Å². The Kier molecular flexibility index (Phi) is 6.01. The summed E-state index contributed by atoms with van der Waals surface area (Å²) < 4.78 is 7.93. The van der Waals surface area contributed by atoms with E-state index in [0.29, 0.717) is 17.9 Å². The van der Waals surface area contributed by atoms with Crippen molar-refractivity contribution >= 4 is 28.9 Å². The zero-order valence-corrected chi connectivity index (χ0v) is 15.5. The molecule has 3 aromatic rings. The number of amides is 1. The first-order chi connectivity index (χ1) is 12.7. The van der Waals surface area contributed by atoms with Gasteiger partial charge in [-0.2, -0.15) is 5.10 Å². The van der Waals surface area contributed by atoms with E-state index >= 15 is 0 Å². The van der Waals surface area contributed by atoms with E-state index in [-0.39, 0.29) is 12.5 Å². The molecule has 2 aromatic carbocycles. The first-order valence-electron chi connectivity index (χ1n) is 8.69. The SMILES string of the molecule is CCCc1n[nH]c(=S)n1CC(=O)NCCOc1ccc2ccccc2c1. The van der Waals surface area contributed by atoms with Gasteiger partial charge >= 0.3 is 0 Å². The Balaban J connectivity index is 1.48. The van der Waals surface area contributed by atoms with Crippen LogP contribution in [0.3, 0.4) is 0 Å². The summed E-state index contributed by atoms with van der Waals surface area (Å²) in [5.41, 5.74) is 0. The Morgan fingerprint density at radius 1 is 1.27 bits per heavy atom. The van der Waals surface area contributed by atoms with E-state index in [9.17, 15) is 4.79 Å². The normalized spacial score (nSPS) is 10.8. The molecule has 0 aliphatic heterocycles. The van der Waals surface area contributed by atoms with Crippen molar-refractivity contribution in [1.29, 1.82) is 0 Å². The van der Waals surface area contributed by atoms with Gasteiger partial charge in [0.2, 0.25) is 5.91 Å². The van der Waals surface area contributed by atoms with Crippen LogP contribution in [0.5, 0.6) is 5.75 Å². The van der Waals surface area contributed by atoms with Gasteiger partial charge in [-0.15, -0.1) is 0 Å². The van der Waals surface area contributed by atoms with E-state index in [0.717, 1.165) is 29.8 Å². The van der Waals surface area contributed by atoms with E-state index in [1.165, 1.54) is 5.39 Å². The second-order valence-electron chi connectivity index (χ2n) is 5.99. The minimum absolute atomic E-state index is 0.109. The molecule has 0 spiro atoms. The number of benzene rings is 2. The topological polar surface area (TPSA) is 71.9 Å². The van der Waals surface area contributed by atoms with E-state index in [4.69, 9.17) is 17.0 Å². The highest BCUT2D eigenvalue weighted by molar-refractivity contribution is 7.71. The molecule has 6 nitrogen and oxygen atoms in total. The smallest absolute Gasteiger partial charge is 0.240 e. The molecule has 7 heteroatoms. The Bertz CT molecular complexity index is 948. The van der Waals surface area contributed by atoms with Gasteiger partial charge in [0.25, 0.3) is 0 Å². The molecule has 0 atom stereocenters. The van der Waals surface area contributed by atoms with Crippen LogP contribution in [0.1, 0.15) is 19.2 Å². The molecule has 0 bridgehead atoms. The number of nitrogens with one attached hydrogen (secondary N) is 2. The monoisotopic (exact) mass is 370 g/mol. The Hall–Kier alpha value is -2.67. The first kappa shape index (κ1) is 18.1. The summed E-state index contributed by atoms with van der Waals surface area (Å²) in [6.07, 6.45) is 1.73. The van der Waals surface area contributed by atoms with Crippen molar-refractivity contribution in [1.82, 2.24) is 20.1 Å². The molecule has 0 radical (unpaired) electrons. The fourth-order valence-electron chi connectivity index (χ4n) is 2.74. The number of ether oxygens (including phenoxy) is 1. The summed E-state index contributed by atoms with van der Waals surface area (Å²) in [5.74, 6) is 1.49. The van der Waals surface area contributed by atoms with Crippen molar-refractivity contribution < 1.29 is 9.53 Å². The van der Waals surface area contributed by atoms with Gasteiger partial charge in [0.15, 0.2) is 4.77 Å². The van der Waals surface area contributed by atoms with Crippen molar-refractivity contribution in [3.05, 3.63) is 53.1 Å². The molecule has 1 aromatic heterocycles. The fourth-order valence-corrected chi connectivity index (χ4v) is 2.96. The van der Waals surface area contributed by atoms with Crippen LogP contribution < -0.4 is 10.1 Å². The highest BCUT2D eigenvalue weighted by atomic mass is 32.1. The summed E-state index contributed by atoms with van der Waals surface area (Å²) in [4.78, 5) is 12.1. The first-order valence-corrected chi connectivity index (χ1v) is 9.10. The zero-order chi connectivity index (χ0) is 18.4. The summed E-state index contributed by atoms with van der Waals surface area (Å²) in [5, 5.41) is 12.1. The number of hydrogen-bond donors (Lipinski definition) is 2. The average molecular weight is 370 g/mol. The van der Waals surface area contributed by atoms with E-state index in [1.54, 1.807) is 4.57 Å². The molecule has 1 heterocycles. The molecule has 0 unspecified atom stereocenters. The maximum atomic E-state index is 12.1. The molecule has 2 N–H and O–H groups in total. The number of nitrogens with zero attached hydrogens (tertiary/aromatic N) is 2. The fraction of sp³-hybridized carbons (Fsp3) is 0.316. The van der Waals surface area contributed by atoms with Crippen molar-refractivity contribution in [2.75, 3.05) is 13.2 Å². The van der Waals surface area contributed by atoms with Crippen molar-refractivity contribution in [2.24, 2.45) is 0 Å². The van der Waals surface area contributed by atoms with E-state index in [1.807, 2.05) is 36.4 Å². The zero-order valence-electron chi connectivity index (χ0n) is 14.7. The van der Waals surface area contributed by atoms with Crippen LogP contribution in [0.2, 0.25) is 0 Å². The molecular weight excluding hydrogens is 348 g/mol. The predicted octanol–water partition coefficient (Wildman–Crippen LogP) is 3.24. The van der Waals surface area contributed by atoms with Crippen LogP contribution in [-0.2, 0) is 17.8 Å². The maximum Gasteiger partial charge on any atom is 0.240 e. The van der Waals surface area contributed by atoms with Gasteiger partial charge in [0, 0.05) is 6.42 Å². The number of aromatic nitrogens is 3. The molecule has 26 heavy (non-hydrogen) atoms. The number of rotatable bonds is 8. The van der Waals surface area contributed by atoms with Crippen LogP contribution in [-0.4, -0.2) is 33.8 Å². The number of carbonyl (C=O) groups is 1. The summed E-state index contributed by atoms with van der Waals surface area (Å²) in [7, 11) is 0. The largest absolute Gasteiger partial charge is 0.492 e. The summed E-state index contributed by atoms with van der Waals surface area (Å²) in [6.45, 7) is 3.07. The molecule has 0 aliphatic carbocycles. The lowest BCUT2D eigenvalue weighted by Crippen LogP contribution is -2.31. The Labute approximate surface area is 157 Å². The van der Waals surface area contributed by atoms with Crippen molar-refractivity contribution in [3.63, 3.8) is 0 Å². The molecule has 0 saturated carbocycles. The Morgan fingerprint density at radius 3 is 2.88 bits per heavy atom. The minimum Gasteiger partial charge on any atom is -0.492 e. The highest BCUT2D eigenvalue weighted by Gasteiger charge is 2.09. The lowest BCUT2D eigenvalue weighted by atomic mass is 10.1. The van der Waals surface area contributed by atoms with Crippen LogP contribution in [0, 0.1) is 4.77 Å². The molecule has 136 valence electrons. The third kappa shape index (κ3) is 4.49. The van der Waals surface area contributed by atoms with Gasteiger partial charge in [-0.3, -0.25) is 14.5 Å². The van der Waals surface area contributed by atoms with Gasteiger partial charge in [-0.05, 0) is 41.5 Å². The van der Waals surface area contributed by atoms with E-state index < -0.39 is 0 Å². The molecule has 3 rings (SSSR count). The second kappa shape index (κ2) is 8.62. The van der Waals surface area contributed by atoms with Crippen LogP contribution in [0.25, 0.3) is 10.8 Å². The van der Waals surface area contributed by atoms with Crippen LogP contribution in [0.15, 0.2) is 42.5 Å². The molecule has 0 aliphatic rings. The predicted molar refractivity (Wildman–Crippen MR) is 104 cm³/mol.